The second kappa shape index (κ2) is 9.61. The molecule has 2 bridgehead atoms. The monoisotopic (exact) mass is 493 g/mol. The van der Waals surface area contributed by atoms with Crippen LogP contribution in [0.4, 0.5) is 4.39 Å². The zero-order valence-corrected chi connectivity index (χ0v) is 21.5. The van der Waals surface area contributed by atoms with Gasteiger partial charge in [0.25, 0.3) is 0 Å². The number of hydrogen-bond acceptors (Lipinski definition) is 6. The van der Waals surface area contributed by atoms with Gasteiger partial charge in [0.2, 0.25) is 0 Å². The van der Waals surface area contributed by atoms with Gasteiger partial charge in [-0.2, -0.15) is 9.97 Å². The van der Waals surface area contributed by atoms with Gasteiger partial charge in [-0.25, -0.2) is 9.37 Å². The standard InChI is InChI=1S/C28H36FN5O2/c1-17-26-27(32-28(30-17)35-3)34(25(31-26)12-18-6-4-5-7-18)16-19-8-11-22(15-24(19)29)36-23-13-20-9-10-21(14-23)33(20)2/h8,11,15,18,20-21,23H,4-7,9-10,12-14,16H2,1-3H3. The van der Waals surface area contributed by atoms with E-state index in [1.807, 2.05) is 19.1 Å². The fourth-order valence-electron chi connectivity index (χ4n) is 6.59. The molecule has 1 aliphatic carbocycles. The minimum absolute atomic E-state index is 0.159. The lowest BCUT2D eigenvalue weighted by atomic mass is 10.0. The molecule has 0 amide bonds. The average Bonchev–Trinajstić information content (AvgIpc) is 3.54. The fourth-order valence-corrected chi connectivity index (χ4v) is 6.59. The van der Waals surface area contributed by atoms with E-state index in [-0.39, 0.29) is 11.9 Å². The molecule has 0 N–H and O–H groups in total. The van der Waals surface area contributed by atoms with Crippen molar-refractivity contribution in [2.75, 3.05) is 14.2 Å². The van der Waals surface area contributed by atoms with Gasteiger partial charge in [-0.05, 0) is 51.6 Å². The van der Waals surface area contributed by atoms with Gasteiger partial charge in [0, 0.05) is 30.1 Å². The van der Waals surface area contributed by atoms with Crippen LogP contribution in [0, 0.1) is 18.7 Å². The highest BCUT2D eigenvalue weighted by atomic mass is 19.1. The number of aromatic nitrogens is 4. The van der Waals surface area contributed by atoms with Crippen LogP contribution in [0.25, 0.3) is 11.2 Å². The van der Waals surface area contributed by atoms with E-state index in [1.54, 1.807) is 13.2 Å². The molecule has 4 heterocycles. The fraction of sp³-hybridized carbons (Fsp3) is 0.607. The van der Waals surface area contributed by atoms with Crippen LogP contribution < -0.4 is 9.47 Å². The number of hydrogen-bond donors (Lipinski definition) is 0. The Morgan fingerprint density at radius 2 is 1.78 bits per heavy atom. The van der Waals surface area contributed by atoms with Gasteiger partial charge in [0.05, 0.1) is 19.3 Å². The first-order chi connectivity index (χ1) is 17.5. The van der Waals surface area contributed by atoms with Crippen LogP contribution in [0.3, 0.4) is 0 Å². The van der Waals surface area contributed by atoms with Crippen molar-refractivity contribution in [3.63, 3.8) is 0 Å². The first-order valence-electron chi connectivity index (χ1n) is 13.4. The third-order valence-corrected chi connectivity index (χ3v) is 8.67. The van der Waals surface area contributed by atoms with Crippen molar-refractivity contribution in [2.45, 2.75) is 89.4 Å². The van der Waals surface area contributed by atoms with Gasteiger partial charge in [0.15, 0.2) is 5.65 Å². The Balaban J connectivity index is 1.26. The summed E-state index contributed by atoms with van der Waals surface area (Å²) in [7, 11) is 3.78. The van der Waals surface area contributed by atoms with Gasteiger partial charge in [-0.1, -0.05) is 31.7 Å². The second-order valence-electron chi connectivity index (χ2n) is 11.0. The van der Waals surface area contributed by atoms with Crippen molar-refractivity contribution >= 4 is 11.2 Å². The maximum Gasteiger partial charge on any atom is 0.318 e. The lowest BCUT2D eigenvalue weighted by Gasteiger charge is -2.36. The third kappa shape index (κ3) is 4.44. The molecule has 2 saturated heterocycles. The number of rotatable bonds is 7. The predicted octanol–water partition coefficient (Wildman–Crippen LogP) is 5.07. The Bertz CT molecular complexity index is 1240. The summed E-state index contributed by atoms with van der Waals surface area (Å²) in [6.45, 7) is 2.29. The maximum atomic E-state index is 15.4. The predicted molar refractivity (Wildman–Crippen MR) is 136 cm³/mol. The lowest BCUT2D eigenvalue weighted by Crippen LogP contribution is -2.43. The van der Waals surface area contributed by atoms with Gasteiger partial charge >= 0.3 is 6.01 Å². The van der Waals surface area contributed by atoms with Crippen LogP contribution in [0.2, 0.25) is 0 Å². The topological polar surface area (TPSA) is 65.3 Å². The number of piperidine rings is 1. The Morgan fingerprint density at radius 3 is 2.47 bits per heavy atom. The Hall–Kier alpha value is -2.74. The van der Waals surface area contributed by atoms with E-state index in [9.17, 15) is 0 Å². The highest BCUT2D eigenvalue weighted by Gasteiger charge is 2.39. The van der Waals surface area contributed by atoms with Crippen LogP contribution in [-0.4, -0.2) is 56.8 Å². The molecule has 7 nitrogen and oxygen atoms in total. The highest BCUT2D eigenvalue weighted by molar-refractivity contribution is 5.74. The van der Waals surface area contributed by atoms with Gasteiger partial charge < -0.3 is 18.9 Å². The Labute approximate surface area is 212 Å². The molecule has 192 valence electrons. The lowest BCUT2D eigenvalue weighted by molar-refractivity contribution is 0.0659. The Morgan fingerprint density at radius 1 is 1.03 bits per heavy atom. The molecule has 2 aromatic heterocycles. The van der Waals surface area contributed by atoms with E-state index in [1.165, 1.54) is 38.5 Å². The molecule has 0 radical (unpaired) electrons. The zero-order chi connectivity index (χ0) is 24.8. The first-order valence-corrected chi connectivity index (χ1v) is 13.4. The molecule has 2 unspecified atom stereocenters. The molecule has 8 heteroatoms. The molecule has 3 aromatic rings. The molecule has 1 aromatic carbocycles. The maximum absolute atomic E-state index is 15.4. The van der Waals surface area contributed by atoms with Crippen LogP contribution in [-0.2, 0) is 13.0 Å². The Kier molecular flexibility index (Phi) is 6.32. The number of fused-ring (bicyclic) bond motifs is 3. The van der Waals surface area contributed by atoms with Crippen molar-refractivity contribution < 1.29 is 13.9 Å². The number of ether oxygens (including phenoxy) is 2. The van der Waals surface area contributed by atoms with E-state index >= 15 is 4.39 Å². The van der Waals surface area contributed by atoms with E-state index < -0.39 is 0 Å². The molecule has 2 aliphatic heterocycles. The van der Waals surface area contributed by atoms with Crippen molar-refractivity contribution in [1.82, 2.24) is 24.4 Å². The number of halogens is 1. The minimum Gasteiger partial charge on any atom is -0.490 e. The number of methoxy groups -OCH3 is 1. The summed E-state index contributed by atoms with van der Waals surface area (Å²) >= 11 is 0. The molecule has 36 heavy (non-hydrogen) atoms. The van der Waals surface area contributed by atoms with E-state index in [2.05, 4.69) is 26.5 Å². The van der Waals surface area contributed by atoms with Crippen molar-refractivity contribution in [3.05, 3.63) is 41.1 Å². The highest BCUT2D eigenvalue weighted by Crippen LogP contribution is 2.36. The number of nitrogens with zero attached hydrogens (tertiary/aromatic N) is 5. The molecule has 3 aliphatic rings. The first kappa shape index (κ1) is 23.6. The van der Waals surface area contributed by atoms with E-state index in [0.29, 0.717) is 47.5 Å². The van der Waals surface area contributed by atoms with Gasteiger partial charge in [-0.3, -0.25) is 0 Å². The zero-order valence-electron chi connectivity index (χ0n) is 21.5. The molecule has 6 rings (SSSR count). The third-order valence-electron chi connectivity index (χ3n) is 8.67. The van der Waals surface area contributed by atoms with Crippen LogP contribution >= 0.6 is 0 Å². The molecular weight excluding hydrogens is 457 g/mol. The van der Waals surface area contributed by atoms with Crippen molar-refractivity contribution in [1.29, 1.82) is 0 Å². The van der Waals surface area contributed by atoms with Gasteiger partial charge in [-0.15, -0.1) is 0 Å². The summed E-state index contributed by atoms with van der Waals surface area (Å²) < 4.78 is 29.1. The number of imidazole rings is 1. The normalized spacial score (nSPS) is 24.6. The average molecular weight is 494 g/mol. The number of aryl methyl sites for hydroxylation is 1. The van der Waals surface area contributed by atoms with E-state index in [0.717, 1.165) is 36.3 Å². The smallest absolute Gasteiger partial charge is 0.318 e. The van der Waals surface area contributed by atoms with Gasteiger partial charge in [0.1, 0.15) is 29.0 Å². The summed E-state index contributed by atoms with van der Waals surface area (Å²) in [4.78, 5) is 16.4. The van der Waals surface area contributed by atoms with E-state index in [4.69, 9.17) is 14.5 Å². The largest absolute Gasteiger partial charge is 0.490 e. The summed E-state index contributed by atoms with van der Waals surface area (Å²) in [5.41, 5.74) is 2.85. The quantitative estimate of drug-likeness (QED) is 0.458. The van der Waals surface area contributed by atoms with Crippen LogP contribution in [0.5, 0.6) is 11.8 Å². The van der Waals surface area contributed by atoms with Crippen LogP contribution in [0.15, 0.2) is 18.2 Å². The minimum atomic E-state index is -0.255. The summed E-state index contributed by atoms with van der Waals surface area (Å²) in [5.74, 6) is 1.92. The van der Waals surface area contributed by atoms with Crippen molar-refractivity contribution in [3.8, 4) is 11.8 Å². The van der Waals surface area contributed by atoms with Crippen molar-refractivity contribution in [2.24, 2.45) is 5.92 Å². The molecular formula is C28H36FN5O2. The molecule has 2 atom stereocenters. The van der Waals surface area contributed by atoms with Crippen LogP contribution in [0.1, 0.15) is 68.4 Å². The summed E-state index contributed by atoms with van der Waals surface area (Å²) in [6.07, 6.45) is 10.5. The molecule has 1 saturated carbocycles. The SMILES string of the molecule is COc1nc(C)c2nc(CC3CCCC3)n(Cc3ccc(OC4CC5CCC(C4)N5C)cc3F)c2n1. The summed E-state index contributed by atoms with van der Waals surface area (Å²) in [5, 5.41) is 0. The molecule has 3 fully saturated rings. The molecule has 0 spiro atoms. The second-order valence-corrected chi connectivity index (χ2v) is 11.0. The number of benzene rings is 1. The summed E-state index contributed by atoms with van der Waals surface area (Å²) in [6, 6.07) is 6.80.